The SMILES string of the molecule is CCOCC(C)(CN)N1CCC2(CCCC2)C1. The van der Waals surface area contributed by atoms with Gasteiger partial charge in [0.15, 0.2) is 0 Å². The van der Waals surface area contributed by atoms with Crippen LogP contribution in [0.4, 0.5) is 0 Å². The fourth-order valence-electron chi connectivity index (χ4n) is 3.53. The van der Waals surface area contributed by atoms with E-state index in [1.165, 1.54) is 45.2 Å². The first kappa shape index (κ1) is 13.3. The van der Waals surface area contributed by atoms with Crippen molar-refractivity contribution in [3.63, 3.8) is 0 Å². The van der Waals surface area contributed by atoms with Crippen LogP contribution >= 0.6 is 0 Å². The molecule has 1 aliphatic heterocycles. The fraction of sp³-hybridized carbons (Fsp3) is 1.00. The standard InChI is InChI=1S/C14H28N2O/c1-3-17-12-13(2,10-15)16-9-8-14(11-16)6-4-5-7-14/h3-12,15H2,1-2H3. The maximum Gasteiger partial charge on any atom is 0.0659 e. The van der Waals surface area contributed by atoms with E-state index in [0.29, 0.717) is 12.0 Å². The second kappa shape index (κ2) is 5.25. The average molecular weight is 240 g/mol. The van der Waals surface area contributed by atoms with Crippen LogP contribution in [0, 0.1) is 5.41 Å². The van der Waals surface area contributed by atoms with Crippen LogP contribution in [0.2, 0.25) is 0 Å². The van der Waals surface area contributed by atoms with Crippen molar-refractivity contribution in [2.24, 2.45) is 11.1 Å². The molecule has 1 saturated heterocycles. The van der Waals surface area contributed by atoms with Gasteiger partial charge in [0.05, 0.1) is 12.1 Å². The highest BCUT2D eigenvalue weighted by atomic mass is 16.5. The number of likely N-dealkylation sites (tertiary alicyclic amines) is 1. The lowest BCUT2D eigenvalue weighted by Gasteiger charge is -2.38. The number of hydrogen-bond acceptors (Lipinski definition) is 3. The molecule has 2 aliphatic rings. The van der Waals surface area contributed by atoms with Crippen LogP contribution in [-0.2, 0) is 4.74 Å². The third-order valence-corrected chi connectivity index (χ3v) is 4.92. The molecule has 1 atom stereocenters. The Morgan fingerprint density at radius 1 is 1.29 bits per heavy atom. The summed E-state index contributed by atoms with van der Waals surface area (Å²) in [4.78, 5) is 2.59. The lowest BCUT2D eigenvalue weighted by atomic mass is 9.85. The summed E-state index contributed by atoms with van der Waals surface area (Å²) in [6.45, 7) is 9.03. The van der Waals surface area contributed by atoms with Crippen molar-refractivity contribution in [3.05, 3.63) is 0 Å². The minimum Gasteiger partial charge on any atom is -0.380 e. The number of nitrogens with two attached hydrogens (primary N) is 1. The lowest BCUT2D eigenvalue weighted by Crippen LogP contribution is -2.54. The van der Waals surface area contributed by atoms with Crippen molar-refractivity contribution in [2.45, 2.75) is 51.5 Å². The first-order chi connectivity index (χ1) is 8.14. The summed E-state index contributed by atoms with van der Waals surface area (Å²) >= 11 is 0. The topological polar surface area (TPSA) is 38.5 Å². The van der Waals surface area contributed by atoms with E-state index in [9.17, 15) is 0 Å². The third kappa shape index (κ3) is 2.67. The first-order valence-corrected chi connectivity index (χ1v) is 7.17. The Kier molecular flexibility index (Phi) is 4.11. The van der Waals surface area contributed by atoms with Crippen LogP contribution in [0.15, 0.2) is 0 Å². The van der Waals surface area contributed by atoms with Crippen molar-refractivity contribution < 1.29 is 4.74 Å². The largest absolute Gasteiger partial charge is 0.380 e. The van der Waals surface area contributed by atoms with E-state index in [1.807, 2.05) is 0 Å². The normalized spacial score (nSPS) is 27.7. The molecular weight excluding hydrogens is 212 g/mol. The zero-order valence-corrected chi connectivity index (χ0v) is 11.5. The number of nitrogens with zero attached hydrogens (tertiary/aromatic N) is 1. The van der Waals surface area contributed by atoms with Gasteiger partial charge in [-0.3, -0.25) is 4.90 Å². The Morgan fingerprint density at radius 2 is 2.00 bits per heavy atom. The Bertz CT molecular complexity index is 251. The highest BCUT2D eigenvalue weighted by Gasteiger charge is 2.45. The third-order valence-electron chi connectivity index (χ3n) is 4.92. The molecule has 1 spiro atoms. The lowest BCUT2D eigenvalue weighted by molar-refractivity contribution is 0.0170. The second-order valence-electron chi connectivity index (χ2n) is 6.22. The summed E-state index contributed by atoms with van der Waals surface area (Å²) in [7, 11) is 0. The molecule has 100 valence electrons. The summed E-state index contributed by atoms with van der Waals surface area (Å²) in [5, 5.41) is 0. The maximum absolute atomic E-state index is 5.99. The number of hydrogen-bond donors (Lipinski definition) is 1. The number of ether oxygens (including phenoxy) is 1. The molecule has 17 heavy (non-hydrogen) atoms. The van der Waals surface area contributed by atoms with Crippen LogP contribution in [0.1, 0.15) is 46.0 Å². The molecule has 1 unspecified atom stereocenters. The van der Waals surface area contributed by atoms with E-state index in [-0.39, 0.29) is 5.54 Å². The van der Waals surface area contributed by atoms with Gasteiger partial charge in [-0.1, -0.05) is 12.8 Å². The van der Waals surface area contributed by atoms with E-state index in [1.54, 1.807) is 0 Å². The Morgan fingerprint density at radius 3 is 2.59 bits per heavy atom. The summed E-state index contributed by atoms with van der Waals surface area (Å²) in [6, 6.07) is 0. The minimum absolute atomic E-state index is 0.0438. The Balaban J connectivity index is 1.97. The smallest absolute Gasteiger partial charge is 0.0659 e. The van der Waals surface area contributed by atoms with Crippen molar-refractivity contribution in [1.82, 2.24) is 4.90 Å². The van der Waals surface area contributed by atoms with Crippen LogP contribution in [0.25, 0.3) is 0 Å². The molecule has 1 heterocycles. The van der Waals surface area contributed by atoms with E-state index in [2.05, 4.69) is 18.7 Å². The van der Waals surface area contributed by atoms with Crippen LogP contribution in [0.5, 0.6) is 0 Å². The van der Waals surface area contributed by atoms with Crippen molar-refractivity contribution >= 4 is 0 Å². The van der Waals surface area contributed by atoms with Gasteiger partial charge in [-0.05, 0) is 45.1 Å². The van der Waals surface area contributed by atoms with E-state index in [4.69, 9.17) is 10.5 Å². The van der Waals surface area contributed by atoms with Gasteiger partial charge in [0.2, 0.25) is 0 Å². The molecule has 1 saturated carbocycles. The average Bonchev–Trinajstić information content (AvgIpc) is 2.98. The molecule has 1 aliphatic carbocycles. The zero-order valence-electron chi connectivity index (χ0n) is 11.5. The molecule has 3 heteroatoms. The molecular formula is C14H28N2O. The highest BCUT2D eigenvalue weighted by molar-refractivity contribution is 4.99. The van der Waals surface area contributed by atoms with E-state index in [0.717, 1.165) is 13.2 Å². The minimum atomic E-state index is 0.0438. The van der Waals surface area contributed by atoms with Crippen molar-refractivity contribution in [2.75, 3.05) is 32.8 Å². The van der Waals surface area contributed by atoms with Gasteiger partial charge in [0.25, 0.3) is 0 Å². The van der Waals surface area contributed by atoms with Gasteiger partial charge >= 0.3 is 0 Å². The molecule has 0 aromatic rings. The quantitative estimate of drug-likeness (QED) is 0.799. The zero-order chi connectivity index (χ0) is 12.4. The van der Waals surface area contributed by atoms with Crippen LogP contribution < -0.4 is 5.73 Å². The highest BCUT2D eigenvalue weighted by Crippen LogP contribution is 2.46. The van der Waals surface area contributed by atoms with E-state index >= 15 is 0 Å². The first-order valence-electron chi connectivity index (χ1n) is 7.17. The molecule has 0 radical (unpaired) electrons. The van der Waals surface area contributed by atoms with Gasteiger partial charge in [-0.15, -0.1) is 0 Å². The predicted molar refractivity (Wildman–Crippen MR) is 71.0 cm³/mol. The number of rotatable bonds is 5. The summed E-state index contributed by atoms with van der Waals surface area (Å²) in [5.74, 6) is 0. The molecule has 2 N–H and O–H groups in total. The van der Waals surface area contributed by atoms with Gasteiger partial charge in [-0.2, -0.15) is 0 Å². The van der Waals surface area contributed by atoms with Crippen LogP contribution in [0.3, 0.4) is 0 Å². The molecule has 2 fully saturated rings. The maximum atomic E-state index is 5.99. The Hall–Kier alpha value is -0.120. The molecule has 3 nitrogen and oxygen atoms in total. The molecule has 0 aromatic heterocycles. The molecule has 0 bridgehead atoms. The van der Waals surface area contributed by atoms with Gasteiger partial charge in [-0.25, -0.2) is 0 Å². The molecule has 2 rings (SSSR count). The van der Waals surface area contributed by atoms with Gasteiger partial charge in [0.1, 0.15) is 0 Å². The second-order valence-corrected chi connectivity index (χ2v) is 6.22. The van der Waals surface area contributed by atoms with E-state index < -0.39 is 0 Å². The summed E-state index contributed by atoms with van der Waals surface area (Å²) in [5.41, 5.74) is 6.66. The summed E-state index contributed by atoms with van der Waals surface area (Å²) in [6.07, 6.45) is 7.09. The molecule has 0 aromatic carbocycles. The van der Waals surface area contributed by atoms with Crippen molar-refractivity contribution in [1.29, 1.82) is 0 Å². The fourth-order valence-corrected chi connectivity index (χ4v) is 3.53. The van der Waals surface area contributed by atoms with Gasteiger partial charge < -0.3 is 10.5 Å². The van der Waals surface area contributed by atoms with Crippen LogP contribution in [-0.4, -0.2) is 43.3 Å². The monoisotopic (exact) mass is 240 g/mol. The van der Waals surface area contributed by atoms with Crippen molar-refractivity contribution in [3.8, 4) is 0 Å². The predicted octanol–water partition coefficient (Wildman–Crippen LogP) is 2.01. The summed E-state index contributed by atoms with van der Waals surface area (Å²) < 4.78 is 5.63. The molecule has 0 amide bonds. The van der Waals surface area contributed by atoms with Gasteiger partial charge in [0, 0.05) is 19.7 Å². The Labute approximate surface area is 106 Å².